The second-order valence-corrected chi connectivity index (χ2v) is 6.13. The smallest absolute Gasteiger partial charge is 0.326 e. The van der Waals surface area contributed by atoms with Crippen molar-refractivity contribution in [2.75, 3.05) is 7.11 Å². The van der Waals surface area contributed by atoms with Gasteiger partial charge < -0.3 is 14.7 Å². The third kappa shape index (κ3) is 2.61. The molecule has 1 saturated heterocycles. The van der Waals surface area contributed by atoms with Crippen LogP contribution in [0.3, 0.4) is 0 Å². The number of methoxy groups -OCH3 is 1. The molecule has 2 fully saturated rings. The number of likely N-dealkylation sites (tertiary alicyclic amines) is 1. The monoisotopic (exact) mass is 303 g/mol. The van der Waals surface area contributed by atoms with Gasteiger partial charge in [0.1, 0.15) is 6.04 Å². The number of carboxylic acids is 1. The normalized spacial score (nSPS) is 30.9. The van der Waals surface area contributed by atoms with Crippen molar-refractivity contribution < 1.29 is 19.4 Å². The van der Waals surface area contributed by atoms with Gasteiger partial charge in [0, 0.05) is 13.0 Å². The fourth-order valence-electron chi connectivity index (χ4n) is 3.53. The van der Waals surface area contributed by atoms with Gasteiger partial charge in [0.2, 0.25) is 5.91 Å². The van der Waals surface area contributed by atoms with Crippen LogP contribution >= 0.6 is 0 Å². The molecule has 1 aliphatic carbocycles. The zero-order valence-corrected chi connectivity index (χ0v) is 12.6. The molecule has 0 aromatic heterocycles. The number of aliphatic carboxylic acids is 1. The molecule has 118 valence electrons. The second-order valence-electron chi connectivity index (χ2n) is 6.13. The molecular weight excluding hydrogens is 282 g/mol. The second kappa shape index (κ2) is 6.08. The Balaban J connectivity index is 1.82. The van der Waals surface area contributed by atoms with Gasteiger partial charge >= 0.3 is 5.97 Å². The molecule has 1 N–H and O–H groups in total. The molecule has 3 rings (SSSR count). The number of benzene rings is 1. The molecule has 1 heterocycles. The number of rotatable bonds is 4. The average Bonchev–Trinajstić information content (AvgIpc) is 2.92. The fraction of sp³-hybridized carbons (Fsp3) is 0.529. The lowest BCUT2D eigenvalue weighted by molar-refractivity contribution is -0.155. The number of carboxylic acid groups (broad SMARTS) is 1. The van der Waals surface area contributed by atoms with Crippen LogP contribution in [0.25, 0.3) is 0 Å². The van der Waals surface area contributed by atoms with Crippen molar-refractivity contribution in [3.63, 3.8) is 0 Å². The minimum atomic E-state index is -0.908. The first-order valence-electron chi connectivity index (χ1n) is 7.74. The summed E-state index contributed by atoms with van der Waals surface area (Å²) in [6.45, 7) is 0. The van der Waals surface area contributed by atoms with E-state index in [0.29, 0.717) is 25.7 Å². The summed E-state index contributed by atoms with van der Waals surface area (Å²) < 4.78 is 5.23. The molecule has 1 aliphatic heterocycles. The molecule has 1 unspecified atom stereocenters. The lowest BCUT2D eigenvalue weighted by Crippen LogP contribution is -2.49. The van der Waals surface area contributed by atoms with Crippen molar-refractivity contribution in [3.05, 3.63) is 35.9 Å². The molecule has 2 atom stereocenters. The maximum atomic E-state index is 12.8. The Kier molecular flexibility index (Phi) is 4.16. The molecule has 1 saturated carbocycles. The average molecular weight is 303 g/mol. The highest BCUT2D eigenvalue weighted by atomic mass is 16.5. The van der Waals surface area contributed by atoms with Gasteiger partial charge in [-0.05, 0) is 31.2 Å². The molecule has 5 nitrogen and oxygen atoms in total. The molecule has 0 bridgehead atoms. The summed E-state index contributed by atoms with van der Waals surface area (Å²) in [7, 11) is 1.65. The van der Waals surface area contributed by atoms with E-state index in [1.807, 2.05) is 30.3 Å². The first-order chi connectivity index (χ1) is 10.6. The summed E-state index contributed by atoms with van der Waals surface area (Å²) in [4.78, 5) is 25.9. The quantitative estimate of drug-likeness (QED) is 0.926. The van der Waals surface area contributed by atoms with E-state index in [0.717, 1.165) is 5.56 Å². The van der Waals surface area contributed by atoms with Gasteiger partial charge in [-0.25, -0.2) is 4.79 Å². The number of hydrogen-bond acceptors (Lipinski definition) is 3. The molecule has 1 amide bonds. The Morgan fingerprint density at radius 2 is 1.86 bits per heavy atom. The lowest BCUT2D eigenvalue weighted by Gasteiger charge is -2.38. The van der Waals surface area contributed by atoms with E-state index in [4.69, 9.17) is 4.74 Å². The van der Waals surface area contributed by atoms with E-state index in [-0.39, 0.29) is 24.0 Å². The molecular formula is C17H21NO4. The van der Waals surface area contributed by atoms with Gasteiger partial charge in [-0.1, -0.05) is 30.3 Å². The van der Waals surface area contributed by atoms with Crippen LogP contribution < -0.4 is 0 Å². The van der Waals surface area contributed by atoms with E-state index in [1.54, 1.807) is 12.0 Å². The number of ether oxygens (including phenoxy) is 1. The van der Waals surface area contributed by atoms with Crippen molar-refractivity contribution in [1.29, 1.82) is 0 Å². The predicted molar refractivity (Wildman–Crippen MR) is 80.2 cm³/mol. The number of carbonyl (C=O) groups excluding carboxylic acids is 1. The third-order valence-corrected chi connectivity index (χ3v) is 4.89. The summed E-state index contributed by atoms with van der Waals surface area (Å²) in [6.07, 6.45) is 2.74. The van der Waals surface area contributed by atoms with Gasteiger partial charge in [-0.2, -0.15) is 0 Å². The van der Waals surface area contributed by atoms with Crippen LogP contribution in [0.2, 0.25) is 0 Å². The van der Waals surface area contributed by atoms with Crippen molar-refractivity contribution in [1.82, 2.24) is 4.90 Å². The SMILES string of the molecule is COC1CC(C(=O)N2C(C(=O)O)CC[C@H]2c2ccccc2)C1. The van der Waals surface area contributed by atoms with Gasteiger partial charge in [-0.3, -0.25) is 4.79 Å². The van der Waals surface area contributed by atoms with Crippen LogP contribution in [0.15, 0.2) is 30.3 Å². The van der Waals surface area contributed by atoms with Crippen molar-refractivity contribution in [2.24, 2.45) is 5.92 Å². The van der Waals surface area contributed by atoms with E-state index in [2.05, 4.69) is 0 Å². The number of hydrogen-bond donors (Lipinski definition) is 1. The van der Waals surface area contributed by atoms with Crippen molar-refractivity contribution in [2.45, 2.75) is 43.9 Å². The van der Waals surface area contributed by atoms with Gasteiger partial charge in [0.15, 0.2) is 0 Å². The van der Waals surface area contributed by atoms with E-state index >= 15 is 0 Å². The van der Waals surface area contributed by atoms with Crippen LogP contribution in [-0.2, 0) is 14.3 Å². The number of carbonyl (C=O) groups is 2. The van der Waals surface area contributed by atoms with Crippen LogP contribution in [0.4, 0.5) is 0 Å². The summed E-state index contributed by atoms with van der Waals surface area (Å²) in [6, 6.07) is 8.87. The number of nitrogens with zero attached hydrogens (tertiary/aromatic N) is 1. The first-order valence-corrected chi connectivity index (χ1v) is 7.74. The zero-order chi connectivity index (χ0) is 15.7. The highest BCUT2D eigenvalue weighted by molar-refractivity contribution is 5.86. The minimum Gasteiger partial charge on any atom is -0.480 e. The summed E-state index contributed by atoms with van der Waals surface area (Å²) >= 11 is 0. The highest BCUT2D eigenvalue weighted by Crippen LogP contribution is 2.40. The van der Waals surface area contributed by atoms with Crippen LogP contribution in [0.5, 0.6) is 0 Å². The first kappa shape index (κ1) is 15.0. The molecule has 1 aromatic carbocycles. The maximum absolute atomic E-state index is 12.8. The Bertz CT molecular complexity index is 553. The van der Waals surface area contributed by atoms with E-state index in [1.165, 1.54) is 0 Å². The van der Waals surface area contributed by atoms with Crippen LogP contribution in [0, 0.1) is 5.92 Å². The van der Waals surface area contributed by atoms with Gasteiger partial charge in [0.05, 0.1) is 12.1 Å². The predicted octanol–water partition coefficient (Wildman–Crippen LogP) is 2.23. The molecule has 0 spiro atoms. The molecule has 0 radical (unpaired) electrons. The lowest BCUT2D eigenvalue weighted by atomic mass is 9.81. The van der Waals surface area contributed by atoms with E-state index < -0.39 is 12.0 Å². The van der Waals surface area contributed by atoms with Crippen LogP contribution in [0.1, 0.15) is 37.3 Å². The Morgan fingerprint density at radius 3 is 2.45 bits per heavy atom. The minimum absolute atomic E-state index is 0.0351. The van der Waals surface area contributed by atoms with Gasteiger partial charge in [-0.15, -0.1) is 0 Å². The third-order valence-electron chi connectivity index (χ3n) is 4.89. The Hall–Kier alpha value is -1.88. The molecule has 2 aliphatic rings. The standard InChI is InChI=1S/C17H21NO4/c1-22-13-9-12(10-13)16(19)18-14(7-8-15(18)17(20)21)11-5-3-2-4-6-11/h2-6,12-15H,7-10H2,1H3,(H,20,21)/t12?,13?,14-,15?/m0/s1. The zero-order valence-electron chi connectivity index (χ0n) is 12.6. The van der Waals surface area contributed by atoms with Crippen molar-refractivity contribution in [3.8, 4) is 0 Å². The number of amides is 1. The summed E-state index contributed by atoms with van der Waals surface area (Å²) in [5.41, 5.74) is 1.02. The Morgan fingerprint density at radius 1 is 1.18 bits per heavy atom. The highest BCUT2D eigenvalue weighted by Gasteiger charge is 2.46. The van der Waals surface area contributed by atoms with E-state index in [9.17, 15) is 14.7 Å². The topological polar surface area (TPSA) is 66.8 Å². The van der Waals surface area contributed by atoms with Gasteiger partial charge in [0.25, 0.3) is 0 Å². The molecule has 22 heavy (non-hydrogen) atoms. The fourth-order valence-corrected chi connectivity index (χ4v) is 3.53. The molecule has 1 aromatic rings. The summed E-state index contributed by atoms with van der Waals surface area (Å²) in [5, 5.41) is 9.45. The largest absolute Gasteiger partial charge is 0.480 e. The maximum Gasteiger partial charge on any atom is 0.326 e. The summed E-state index contributed by atoms with van der Waals surface area (Å²) in [5.74, 6) is -1.04. The van der Waals surface area contributed by atoms with Crippen molar-refractivity contribution >= 4 is 11.9 Å². The van der Waals surface area contributed by atoms with Crippen LogP contribution in [-0.4, -0.2) is 41.1 Å². The molecule has 5 heteroatoms. The Labute approximate surface area is 129 Å².